The van der Waals surface area contributed by atoms with E-state index in [0.717, 1.165) is 51.4 Å². The molecular weight excluding hydrogens is 702 g/mol. The summed E-state index contributed by atoms with van der Waals surface area (Å²) in [6, 6.07) is 6.45. The van der Waals surface area contributed by atoms with Gasteiger partial charge in [0.2, 0.25) is 23.6 Å². The third-order valence-corrected chi connectivity index (χ3v) is 11.1. The number of hydrogen-bond acceptors (Lipinski definition) is 7. The second-order valence-corrected chi connectivity index (χ2v) is 15.1. The van der Waals surface area contributed by atoms with Gasteiger partial charge in [0, 0.05) is 31.2 Å². The number of carbonyl (C=O) groups excluding carboxylic acids is 5. The minimum absolute atomic E-state index is 0.0855. The average molecular weight is 749 g/mol. The number of pyridine rings is 1. The normalized spacial score (nSPS) is 23.5. The van der Waals surface area contributed by atoms with Crippen LogP contribution in [0.3, 0.4) is 0 Å². The number of halogens is 1. The summed E-state index contributed by atoms with van der Waals surface area (Å²) in [5.74, 6) is -1.03. The van der Waals surface area contributed by atoms with Gasteiger partial charge in [-0.3, -0.25) is 28.7 Å². The monoisotopic (exact) mass is 747 g/mol. The summed E-state index contributed by atoms with van der Waals surface area (Å²) in [6.45, 7) is 3.41. The van der Waals surface area contributed by atoms with E-state index in [1.54, 1.807) is 4.90 Å². The molecule has 12 nitrogen and oxygen atoms in total. The van der Waals surface area contributed by atoms with Crippen LogP contribution in [0.4, 0.5) is 17.2 Å². The smallest absolute Gasteiger partial charge is 0.248 e. The number of Topliss-reactive ketones (excluding diaryl/α,β-unsaturated/α-hetero) is 1. The molecule has 1 aromatic carbocycles. The number of likely N-dealkylation sites (tertiary alicyclic amines) is 1. The molecule has 3 N–H and O–H groups in total. The van der Waals surface area contributed by atoms with Crippen molar-refractivity contribution in [2.45, 2.75) is 122 Å². The summed E-state index contributed by atoms with van der Waals surface area (Å²) < 4.78 is 1.87. The molecule has 2 fully saturated rings. The van der Waals surface area contributed by atoms with E-state index < -0.39 is 11.9 Å². The van der Waals surface area contributed by atoms with E-state index in [2.05, 4.69) is 48.9 Å². The van der Waals surface area contributed by atoms with Crippen LogP contribution in [-0.2, 0) is 25.7 Å². The number of benzene rings is 1. The second-order valence-electron chi connectivity index (χ2n) is 14.3. The first-order valence-electron chi connectivity index (χ1n) is 17.9. The van der Waals surface area contributed by atoms with Crippen molar-refractivity contribution < 1.29 is 24.0 Å². The molecule has 0 bridgehead atoms. The Morgan fingerprint density at radius 3 is 2.20 bits per heavy atom. The van der Waals surface area contributed by atoms with Crippen LogP contribution in [0.5, 0.6) is 0 Å². The Balaban J connectivity index is 1.20. The maximum absolute atomic E-state index is 13.9. The number of amides is 4. The second kappa shape index (κ2) is 15.4. The fraction of sp³-hybridized carbons (Fsp3) is 0.541. The lowest BCUT2D eigenvalue weighted by Crippen LogP contribution is -2.47. The van der Waals surface area contributed by atoms with Crippen LogP contribution in [0.2, 0.25) is 0 Å². The van der Waals surface area contributed by atoms with Crippen LogP contribution in [0.1, 0.15) is 114 Å². The van der Waals surface area contributed by atoms with Crippen molar-refractivity contribution in [2.75, 3.05) is 16.0 Å². The quantitative estimate of drug-likeness (QED) is 0.238. The molecule has 3 atom stereocenters. The molecule has 2 aliphatic heterocycles. The number of hydrogen-bond donors (Lipinski definition) is 3. The van der Waals surface area contributed by atoms with Crippen molar-refractivity contribution in [3.63, 3.8) is 0 Å². The molecule has 266 valence electrons. The van der Waals surface area contributed by atoms with Crippen molar-refractivity contribution in [1.29, 1.82) is 0 Å². The number of piperidine rings is 1. The van der Waals surface area contributed by atoms with Crippen molar-refractivity contribution in [1.82, 2.24) is 19.7 Å². The van der Waals surface area contributed by atoms with Gasteiger partial charge in [-0.25, -0.2) is 4.98 Å². The maximum atomic E-state index is 13.9. The highest BCUT2D eigenvalue weighted by Crippen LogP contribution is 2.59. The number of fused-ring (bicyclic) bond motifs is 3. The van der Waals surface area contributed by atoms with Gasteiger partial charge in [-0.05, 0) is 53.1 Å². The molecule has 6 rings (SSSR count). The summed E-state index contributed by atoms with van der Waals surface area (Å²) >= 11 is 3.56. The minimum atomic E-state index is -0.752. The molecule has 0 spiro atoms. The van der Waals surface area contributed by atoms with Gasteiger partial charge in [0.25, 0.3) is 0 Å². The zero-order valence-electron chi connectivity index (χ0n) is 28.9. The van der Waals surface area contributed by atoms with E-state index in [0.29, 0.717) is 51.7 Å². The first-order valence-corrected chi connectivity index (χ1v) is 18.7. The summed E-state index contributed by atoms with van der Waals surface area (Å²) in [7, 11) is 0. The summed E-state index contributed by atoms with van der Waals surface area (Å²) in [5.41, 5.74) is 1.48. The molecule has 1 aliphatic carbocycles. The first-order chi connectivity index (χ1) is 24.1. The molecule has 13 heteroatoms. The first kappa shape index (κ1) is 35.7. The fourth-order valence-electron chi connectivity index (χ4n) is 7.47. The van der Waals surface area contributed by atoms with E-state index in [1.807, 2.05) is 24.3 Å². The number of aromatic nitrogens is 3. The highest BCUT2D eigenvalue weighted by Gasteiger charge is 2.64. The molecule has 4 amide bonds. The predicted molar refractivity (Wildman–Crippen MR) is 195 cm³/mol. The Kier molecular flexibility index (Phi) is 11.0. The highest BCUT2D eigenvalue weighted by atomic mass is 79.9. The van der Waals surface area contributed by atoms with Crippen LogP contribution in [0.25, 0.3) is 10.9 Å². The number of ketones is 1. The number of carbonyl (C=O) groups is 5. The Morgan fingerprint density at radius 2 is 1.54 bits per heavy atom. The number of nitrogens with zero attached hydrogens (tertiary/aromatic N) is 4. The zero-order valence-corrected chi connectivity index (χ0v) is 30.4. The number of anilines is 3. The van der Waals surface area contributed by atoms with Gasteiger partial charge < -0.3 is 20.9 Å². The molecule has 4 heterocycles. The van der Waals surface area contributed by atoms with Gasteiger partial charge in [-0.1, -0.05) is 76.5 Å². The van der Waals surface area contributed by atoms with Crippen molar-refractivity contribution in [2.24, 2.45) is 5.41 Å². The topological polar surface area (TPSA) is 155 Å². The predicted octanol–water partition coefficient (Wildman–Crippen LogP) is 6.99. The number of nitrogens with one attached hydrogen (secondary N) is 3. The molecule has 0 radical (unpaired) electrons. The van der Waals surface area contributed by atoms with Crippen LogP contribution >= 0.6 is 15.9 Å². The lowest BCUT2D eigenvalue weighted by Gasteiger charge is -2.27. The third-order valence-electron chi connectivity index (χ3n) is 10.4. The zero-order chi connectivity index (χ0) is 35.4. The molecular formula is C37H46BrN7O5. The highest BCUT2D eigenvalue weighted by molar-refractivity contribution is 9.10. The lowest BCUT2D eigenvalue weighted by atomic mass is 10.0. The molecule has 1 saturated carbocycles. The van der Waals surface area contributed by atoms with Crippen molar-refractivity contribution in [3.8, 4) is 0 Å². The Hall–Kier alpha value is -4.13. The number of para-hydroxylation sites is 1. The SMILES string of the molecule is CC(=O)c1nn(CC(=O)N2C3C[C@]3(C)C[C@H]2C(=O)Nc2ncc3c(c2Br)NC(=O)CCCCCCCCCCCCC(=O)N3)c2ccccc12. The summed E-state index contributed by atoms with van der Waals surface area (Å²) in [5, 5.41) is 13.9. The molecule has 1 unspecified atom stereocenters. The largest absolute Gasteiger partial charge is 0.325 e. The minimum Gasteiger partial charge on any atom is -0.325 e. The molecule has 50 heavy (non-hydrogen) atoms. The van der Waals surface area contributed by atoms with Gasteiger partial charge in [0.05, 0.1) is 27.6 Å². The Labute approximate surface area is 300 Å². The lowest BCUT2D eigenvalue weighted by molar-refractivity contribution is -0.138. The van der Waals surface area contributed by atoms with E-state index >= 15 is 0 Å². The third kappa shape index (κ3) is 7.92. The van der Waals surface area contributed by atoms with Crippen LogP contribution < -0.4 is 16.0 Å². The van der Waals surface area contributed by atoms with E-state index in [1.165, 1.54) is 37.1 Å². The van der Waals surface area contributed by atoms with E-state index in [9.17, 15) is 24.0 Å². The van der Waals surface area contributed by atoms with Crippen LogP contribution in [0.15, 0.2) is 34.9 Å². The van der Waals surface area contributed by atoms with E-state index in [-0.39, 0.29) is 47.3 Å². The van der Waals surface area contributed by atoms with Crippen LogP contribution in [0, 0.1) is 5.41 Å². The molecule has 3 aliphatic rings. The fourth-order valence-corrected chi connectivity index (χ4v) is 7.98. The van der Waals surface area contributed by atoms with Gasteiger partial charge in [-0.2, -0.15) is 5.10 Å². The maximum Gasteiger partial charge on any atom is 0.248 e. The molecule has 1 saturated heterocycles. The summed E-state index contributed by atoms with van der Waals surface area (Å²) in [6.07, 6.45) is 13.9. The van der Waals surface area contributed by atoms with Crippen molar-refractivity contribution in [3.05, 3.63) is 40.6 Å². The standard InChI is InChI=1S/C37H46BrN7O5/c1-23(46)33-24-15-13-14-16-26(24)44(43-33)22-31(49)45-27(19-37(2)20-28(37)45)36(50)42-35-32(38)34-25(21-39-35)40-29(47)17-11-9-7-5-3-4-6-8-10-12-18-30(48)41-34/h13-16,21,27-28H,3-12,17-20,22H2,1-2H3,(H,40,47)(H,41,48)(H,39,42,50)/t27-,28?,37-/m0/s1. The summed E-state index contributed by atoms with van der Waals surface area (Å²) in [4.78, 5) is 72.2. The average Bonchev–Trinajstić information content (AvgIpc) is 3.44. The van der Waals surface area contributed by atoms with Gasteiger partial charge in [-0.15, -0.1) is 0 Å². The van der Waals surface area contributed by atoms with Gasteiger partial charge in [0.1, 0.15) is 24.1 Å². The molecule has 3 aromatic rings. The van der Waals surface area contributed by atoms with Gasteiger partial charge >= 0.3 is 0 Å². The molecule has 2 aromatic heterocycles. The van der Waals surface area contributed by atoms with E-state index in [4.69, 9.17) is 0 Å². The number of rotatable bonds is 5. The Morgan fingerprint density at radius 1 is 0.920 bits per heavy atom. The Bertz CT molecular complexity index is 1810. The van der Waals surface area contributed by atoms with Crippen LogP contribution in [-0.4, -0.2) is 61.2 Å². The van der Waals surface area contributed by atoms with Crippen molar-refractivity contribution >= 4 is 73.4 Å². The van der Waals surface area contributed by atoms with Gasteiger partial charge in [0.15, 0.2) is 5.78 Å².